The number of methoxy groups -OCH3 is 1. The minimum atomic E-state index is -1.82. The molecule has 0 aliphatic heterocycles. The third-order valence-corrected chi connectivity index (χ3v) is 15.1. The van der Waals surface area contributed by atoms with Crippen LogP contribution in [0.2, 0.25) is 37.3 Å². The SMILES string of the molecule is CC[Si](CC)(c1cc(C)cc([Si](C)(C)C)c1OC)C1C(C)=C(C)C(C)=C1C. The van der Waals surface area contributed by atoms with Crippen LogP contribution in [0.15, 0.2) is 34.4 Å². The lowest BCUT2D eigenvalue weighted by atomic mass is 10.1. The third-order valence-electron chi connectivity index (χ3n) is 7.21. The number of benzene rings is 1. The van der Waals surface area contributed by atoms with Gasteiger partial charge in [-0.3, -0.25) is 0 Å². The molecule has 0 bridgehead atoms. The van der Waals surface area contributed by atoms with Crippen molar-refractivity contribution in [2.45, 2.75) is 85.7 Å². The highest BCUT2D eigenvalue weighted by molar-refractivity contribution is 6.96. The second-order valence-corrected chi connectivity index (χ2v) is 19.4. The fraction of sp³-hybridized carbons (Fsp3) is 0.583. The summed E-state index contributed by atoms with van der Waals surface area (Å²) in [5.74, 6) is 1.22. The molecule has 0 unspecified atom stereocenters. The molecule has 1 nitrogen and oxygen atoms in total. The molecule has 150 valence electrons. The van der Waals surface area contributed by atoms with Gasteiger partial charge in [-0.2, -0.15) is 0 Å². The molecule has 1 aliphatic carbocycles. The maximum absolute atomic E-state index is 6.19. The number of hydrogen-bond acceptors (Lipinski definition) is 1. The predicted molar refractivity (Wildman–Crippen MR) is 128 cm³/mol. The van der Waals surface area contributed by atoms with Gasteiger partial charge in [0, 0.05) is 5.54 Å². The summed E-state index contributed by atoms with van der Waals surface area (Å²) in [6.45, 7) is 23.8. The molecule has 2 rings (SSSR count). The second kappa shape index (κ2) is 7.75. The van der Waals surface area contributed by atoms with Gasteiger partial charge in [0.25, 0.3) is 0 Å². The first-order chi connectivity index (χ1) is 12.5. The van der Waals surface area contributed by atoms with Crippen LogP contribution in [0.3, 0.4) is 0 Å². The normalized spacial score (nSPS) is 16.6. The first kappa shape index (κ1) is 22.2. The largest absolute Gasteiger partial charge is 0.497 e. The molecule has 1 aromatic carbocycles. The highest BCUT2D eigenvalue weighted by atomic mass is 28.3. The molecule has 0 N–H and O–H groups in total. The standard InChI is InChI=1S/C24H40OSi2/c1-12-27(13-2,24-19(6)17(4)18(5)20(24)7)22-15-16(3)14-21(23(22)25-8)26(9,10)11/h14-15,24H,12-13H2,1-11H3. The summed E-state index contributed by atoms with van der Waals surface area (Å²) in [6, 6.07) is 7.39. The van der Waals surface area contributed by atoms with E-state index in [2.05, 4.69) is 80.2 Å². The van der Waals surface area contributed by atoms with Gasteiger partial charge in [0.05, 0.1) is 15.2 Å². The maximum atomic E-state index is 6.19. The van der Waals surface area contributed by atoms with Crippen molar-refractivity contribution >= 4 is 26.5 Å². The molecule has 0 saturated heterocycles. The van der Waals surface area contributed by atoms with Crippen molar-refractivity contribution in [3.05, 3.63) is 40.0 Å². The lowest BCUT2D eigenvalue weighted by molar-refractivity contribution is 0.420. The van der Waals surface area contributed by atoms with Gasteiger partial charge >= 0.3 is 0 Å². The smallest absolute Gasteiger partial charge is 0.117 e. The predicted octanol–water partition coefficient (Wildman–Crippen LogP) is 6.30. The van der Waals surface area contributed by atoms with E-state index < -0.39 is 16.1 Å². The molecule has 0 heterocycles. The molecule has 0 fully saturated rings. The van der Waals surface area contributed by atoms with E-state index in [1.165, 1.54) is 39.7 Å². The minimum Gasteiger partial charge on any atom is -0.497 e. The van der Waals surface area contributed by atoms with Gasteiger partial charge in [0.1, 0.15) is 13.8 Å². The molecule has 0 saturated carbocycles. The number of ether oxygens (including phenoxy) is 1. The number of rotatable bonds is 6. The van der Waals surface area contributed by atoms with Gasteiger partial charge in [0.15, 0.2) is 0 Å². The summed E-state index contributed by atoms with van der Waals surface area (Å²) in [4.78, 5) is 0. The van der Waals surface area contributed by atoms with E-state index in [4.69, 9.17) is 4.74 Å². The Kier molecular flexibility index (Phi) is 6.38. The van der Waals surface area contributed by atoms with Crippen molar-refractivity contribution in [2.24, 2.45) is 0 Å². The average molecular weight is 401 g/mol. The van der Waals surface area contributed by atoms with Crippen LogP contribution in [-0.4, -0.2) is 23.3 Å². The molecule has 0 atom stereocenters. The Balaban J connectivity index is 2.89. The topological polar surface area (TPSA) is 9.23 Å². The Morgan fingerprint density at radius 2 is 1.26 bits per heavy atom. The van der Waals surface area contributed by atoms with E-state index in [1.807, 2.05) is 7.11 Å². The zero-order valence-electron chi connectivity index (χ0n) is 19.6. The number of aryl methyl sites for hydroxylation is 1. The summed E-state index contributed by atoms with van der Waals surface area (Å²) in [7, 11) is -1.43. The molecule has 0 aromatic heterocycles. The second-order valence-electron chi connectivity index (χ2n) is 9.56. The van der Waals surface area contributed by atoms with E-state index >= 15 is 0 Å². The zero-order chi connectivity index (χ0) is 20.7. The molecule has 0 amide bonds. The van der Waals surface area contributed by atoms with Crippen molar-refractivity contribution in [1.82, 2.24) is 0 Å². The monoisotopic (exact) mass is 400 g/mol. The average Bonchev–Trinajstić information content (AvgIpc) is 2.80. The van der Waals surface area contributed by atoms with Crippen LogP contribution in [0.1, 0.15) is 47.1 Å². The first-order valence-corrected chi connectivity index (χ1v) is 16.5. The van der Waals surface area contributed by atoms with Gasteiger partial charge in [-0.25, -0.2) is 0 Å². The minimum absolute atomic E-state index is 0.609. The Bertz CT molecular complexity index is 765. The lowest BCUT2D eigenvalue weighted by Gasteiger charge is -2.40. The number of hydrogen-bond donors (Lipinski definition) is 0. The van der Waals surface area contributed by atoms with E-state index in [1.54, 1.807) is 16.3 Å². The van der Waals surface area contributed by atoms with Gasteiger partial charge < -0.3 is 4.74 Å². The van der Waals surface area contributed by atoms with Crippen LogP contribution in [0, 0.1) is 6.92 Å². The van der Waals surface area contributed by atoms with E-state index in [0.717, 1.165) is 0 Å². The van der Waals surface area contributed by atoms with Crippen molar-refractivity contribution in [3.63, 3.8) is 0 Å². The fourth-order valence-electron chi connectivity index (χ4n) is 5.29. The summed E-state index contributed by atoms with van der Waals surface area (Å²) in [6.07, 6.45) is 0. The van der Waals surface area contributed by atoms with Gasteiger partial charge in [-0.15, -0.1) is 0 Å². The van der Waals surface area contributed by atoms with Gasteiger partial charge in [-0.1, -0.05) is 74.4 Å². The Morgan fingerprint density at radius 1 is 0.815 bits per heavy atom. The van der Waals surface area contributed by atoms with E-state index in [0.29, 0.717) is 5.54 Å². The molecule has 0 radical (unpaired) electrons. The summed E-state index contributed by atoms with van der Waals surface area (Å²) < 4.78 is 6.19. The van der Waals surface area contributed by atoms with Crippen LogP contribution in [0.4, 0.5) is 0 Å². The van der Waals surface area contributed by atoms with Crippen molar-refractivity contribution < 1.29 is 4.74 Å². The molecular formula is C24H40OSi2. The van der Waals surface area contributed by atoms with Crippen molar-refractivity contribution in [2.75, 3.05) is 7.11 Å². The van der Waals surface area contributed by atoms with E-state index in [9.17, 15) is 0 Å². The molecule has 1 aliphatic rings. The zero-order valence-corrected chi connectivity index (χ0v) is 21.6. The molecule has 0 spiro atoms. The summed E-state index contributed by atoms with van der Waals surface area (Å²) >= 11 is 0. The quantitative estimate of drug-likeness (QED) is 0.509. The molecule has 1 aromatic rings. The van der Waals surface area contributed by atoms with Crippen LogP contribution < -0.4 is 15.1 Å². The van der Waals surface area contributed by atoms with Crippen LogP contribution in [0.25, 0.3) is 0 Å². The Hall–Kier alpha value is -1.07. The Labute approximate surface area is 169 Å². The van der Waals surface area contributed by atoms with Crippen LogP contribution in [-0.2, 0) is 0 Å². The molecule has 3 heteroatoms. The summed E-state index contributed by atoms with van der Waals surface area (Å²) in [5.41, 5.74) is 8.27. The highest BCUT2D eigenvalue weighted by Gasteiger charge is 2.47. The van der Waals surface area contributed by atoms with E-state index in [-0.39, 0.29) is 0 Å². The highest BCUT2D eigenvalue weighted by Crippen LogP contribution is 2.49. The van der Waals surface area contributed by atoms with Gasteiger partial charge in [-0.05, 0) is 56.1 Å². The third kappa shape index (κ3) is 3.53. The molecular weight excluding hydrogens is 360 g/mol. The van der Waals surface area contributed by atoms with Crippen molar-refractivity contribution in [1.29, 1.82) is 0 Å². The summed E-state index contributed by atoms with van der Waals surface area (Å²) in [5, 5.41) is 3.06. The van der Waals surface area contributed by atoms with Crippen LogP contribution in [0.5, 0.6) is 5.75 Å². The van der Waals surface area contributed by atoms with Gasteiger partial charge in [0.2, 0.25) is 0 Å². The fourth-order valence-corrected chi connectivity index (χ4v) is 12.7. The van der Waals surface area contributed by atoms with Crippen LogP contribution >= 0.6 is 0 Å². The lowest BCUT2D eigenvalue weighted by Crippen LogP contribution is -2.54. The van der Waals surface area contributed by atoms with Crippen molar-refractivity contribution in [3.8, 4) is 5.75 Å². The maximum Gasteiger partial charge on any atom is 0.117 e. The molecule has 27 heavy (non-hydrogen) atoms. The first-order valence-electron chi connectivity index (χ1n) is 10.5. The Morgan fingerprint density at radius 3 is 1.63 bits per heavy atom. The number of allylic oxidation sites excluding steroid dienone is 4.